The summed E-state index contributed by atoms with van der Waals surface area (Å²) in [6.07, 6.45) is 1.25. The highest BCUT2D eigenvalue weighted by atomic mass is 16.5. The third-order valence-corrected chi connectivity index (χ3v) is 2.62. The largest absolute Gasteiger partial charge is 0.379 e. The van der Waals surface area contributed by atoms with Crippen LogP contribution < -0.4 is 5.32 Å². The van der Waals surface area contributed by atoms with Gasteiger partial charge < -0.3 is 15.0 Å². The minimum Gasteiger partial charge on any atom is -0.379 e. The standard InChI is InChI=1S/C12H21N3O2/c1-10(2)8-15(6-3-5-13)12(16)14-11-4-7-17-9-11/h10-11H,3-4,6-9H2,1-2H3,(H,14,16). The highest BCUT2D eigenvalue weighted by Gasteiger charge is 2.21. The topological polar surface area (TPSA) is 65.4 Å². The lowest BCUT2D eigenvalue weighted by Crippen LogP contribution is -2.46. The van der Waals surface area contributed by atoms with Crippen LogP contribution in [0.4, 0.5) is 4.79 Å². The number of ether oxygens (including phenoxy) is 1. The van der Waals surface area contributed by atoms with E-state index in [0.29, 0.717) is 38.6 Å². The fourth-order valence-corrected chi connectivity index (χ4v) is 1.82. The maximum atomic E-state index is 12.0. The summed E-state index contributed by atoms with van der Waals surface area (Å²) in [5.41, 5.74) is 0. The Bertz CT molecular complexity index is 280. The van der Waals surface area contributed by atoms with Crippen molar-refractivity contribution in [2.24, 2.45) is 5.92 Å². The van der Waals surface area contributed by atoms with Crippen LogP contribution in [0.1, 0.15) is 26.7 Å². The highest BCUT2D eigenvalue weighted by molar-refractivity contribution is 5.74. The number of urea groups is 1. The quantitative estimate of drug-likeness (QED) is 0.787. The molecule has 1 aliphatic heterocycles. The fraction of sp³-hybridized carbons (Fsp3) is 0.833. The van der Waals surface area contributed by atoms with Crippen LogP contribution in [0.2, 0.25) is 0 Å². The SMILES string of the molecule is CC(C)CN(CCC#N)C(=O)NC1CCOC1. The van der Waals surface area contributed by atoms with Crippen LogP contribution in [-0.2, 0) is 4.74 Å². The molecule has 0 saturated carbocycles. The summed E-state index contributed by atoms with van der Waals surface area (Å²) in [5, 5.41) is 11.5. The van der Waals surface area contributed by atoms with Gasteiger partial charge in [0.05, 0.1) is 25.1 Å². The van der Waals surface area contributed by atoms with Crippen molar-refractivity contribution in [3.63, 3.8) is 0 Å². The normalized spacial score (nSPS) is 19.1. The molecule has 1 N–H and O–H groups in total. The number of carbonyl (C=O) groups is 1. The van der Waals surface area contributed by atoms with Crippen molar-refractivity contribution in [3.8, 4) is 6.07 Å². The Balaban J connectivity index is 2.43. The lowest BCUT2D eigenvalue weighted by atomic mass is 10.2. The number of hydrogen-bond donors (Lipinski definition) is 1. The van der Waals surface area contributed by atoms with E-state index in [9.17, 15) is 4.79 Å². The molecule has 5 nitrogen and oxygen atoms in total. The number of nitrogens with one attached hydrogen (secondary N) is 1. The Morgan fingerprint density at radius 1 is 1.65 bits per heavy atom. The van der Waals surface area contributed by atoms with Gasteiger partial charge in [0.2, 0.25) is 0 Å². The monoisotopic (exact) mass is 239 g/mol. The third kappa shape index (κ3) is 5.05. The average molecular weight is 239 g/mol. The predicted molar refractivity (Wildman–Crippen MR) is 64.4 cm³/mol. The number of amides is 2. The van der Waals surface area contributed by atoms with E-state index in [1.54, 1.807) is 4.90 Å². The van der Waals surface area contributed by atoms with E-state index in [1.807, 2.05) is 0 Å². The number of rotatable bonds is 5. The molecule has 0 aromatic heterocycles. The Kier molecular flexibility index (Phi) is 5.78. The first-order valence-electron chi connectivity index (χ1n) is 6.13. The summed E-state index contributed by atoms with van der Waals surface area (Å²) < 4.78 is 5.21. The molecule has 0 bridgehead atoms. The molecular weight excluding hydrogens is 218 g/mol. The zero-order chi connectivity index (χ0) is 12.7. The molecule has 1 atom stereocenters. The Morgan fingerprint density at radius 2 is 2.41 bits per heavy atom. The molecule has 1 saturated heterocycles. The van der Waals surface area contributed by atoms with Gasteiger partial charge in [0.25, 0.3) is 0 Å². The maximum Gasteiger partial charge on any atom is 0.317 e. The van der Waals surface area contributed by atoms with Crippen molar-refractivity contribution >= 4 is 6.03 Å². The summed E-state index contributed by atoms with van der Waals surface area (Å²) in [7, 11) is 0. The Morgan fingerprint density at radius 3 is 2.94 bits per heavy atom. The van der Waals surface area contributed by atoms with E-state index >= 15 is 0 Å². The van der Waals surface area contributed by atoms with Gasteiger partial charge in [-0.25, -0.2) is 4.79 Å². The van der Waals surface area contributed by atoms with Crippen molar-refractivity contribution < 1.29 is 9.53 Å². The molecule has 1 rings (SSSR count). The summed E-state index contributed by atoms with van der Waals surface area (Å²) in [6, 6.07) is 2.12. The average Bonchev–Trinajstić information content (AvgIpc) is 2.76. The van der Waals surface area contributed by atoms with Crippen LogP contribution in [0, 0.1) is 17.2 Å². The molecule has 17 heavy (non-hydrogen) atoms. The highest BCUT2D eigenvalue weighted by Crippen LogP contribution is 2.06. The lowest BCUT2D eigenvalue weighted by molar-refractivity contribution is 0.175. The first-order chi connectivity index (χ1) is 8.13. The van der Waals surface area contributed by atoms with E-state index < -0.39 is 0 Å². The molecule has 1 fully saturated rings. The second-order valence-corrected chi connectivity index (χ2v) is 4.76. The van der Waals surface area contributed by atoms with E-state index in [1.165, 1.54) is 0 Å². The molecule has 0 aromatic rings. The molecule has 0 spiro atoms. The third-order valence-electron chi connectivity index (χ3n) is 2.62. The summed E-state index contributed by atoms with van der Waals surface area (Å²) >= 11 is 0. The first kappa shape index (κ1) is 13.8. The van der Waals surface area contributed by atoms with E-state index in [2.05, 4.69) is 25.2 Å². The van der Waals surface area contributed by atoms with Crippen LogP contribution in [0.25, 0.3) is 0 Å². The van der Waals surface area contributed by atoms with Gasteiger partial charge in [-0.05, 0) is 12.3 Å². The first-order valence-corrected chi connectivity index (χ1v) is 6.13. The van der Waals surface area contributed by atoms with Crippen LogP contribution in [0.15, 0.2) is 0 Å². The second kappa shape index (κ2) is 7.13. The minimum atomic E-state index is -0.0792. The van der Waals surface area contributed by atoms with E-state index in [0.717, 1.165) is 6.42 Å². The predicted octanol–water partition coefficient (Wildman–Crippen LogP) is 1.36. The van der Waals surface area contributed by atoms with Gasteiger partial charge in [-0.2, -0.15) is 5.26 Å². The van der Waals surface area contributed by atoms with E-state index in [4.69, 9.17) is 10.00 Å². The van der Waals surface area contributed by atoms with Crippen molar-refractivity contribution in [1.82, 2.24) is 10.2 Å². The summed E-state index contributed by atoms with van der Waals surface area (Å²) in [5.74, 6) is 0.402. The zero-order valence-electron chi connectivity index (χ0n) is 10.6. The summed E-state index contributed by atoms with van der Waals surface area (Å²) in [4.78, 5) is 13.7. The number of nitriles is 1. The summed E-state index contributed by atoms with van der Waals surface area (Å²) in [6.45, 7) is 6.61. The number of hydrogen-bond acceptors (Lipinski definition) is 3. The van der Waals surface area contributed by atoms with Crippen molar-refractivity contribution in [3.05, 3.63) is 0 Å². The minimum absolute atomic E-state index is 0.0792. The molecule has 1 aliphatic rings. The van der Waals surface area contributed by atoms with Gasteiger partial charge in [-0.3, -0.25) is 0 Å². The molecule has 0 aromatic carbocycles. The number of nitrogens with zero attached hydrogens (tertiary/aromatic N) is 2. The van der Waals surface area contributed by atoms with E-state index in [-0.39, 0.29) is 12.1 Å². The smallest absolute Gasteiger partial charge is 0.317 e. The second-order valence-electron chi connectivity index (χ2n) is 4.76. The lowest BCUT2D eigenvalue weighted by Gasteiger charge is -2.25. The van der Waals surface area contributed by atoms with Gasteiger partial charge >= 0.3 is 6.03 Å². The van der Waals surface area contributed by atoms with Gasteiger partial charge in [0.1, 0.15) is 0 Å². The van der Waals surface area contributed by atoms with Crippen molar-refractivity contribution in [2.75, 3.05) is 26.3 Å². The molecule has 5 heteroatoms. The molecule has 0 aliphatic carbocycles. The number of carbonyl (C=O) groups excluding carboxylic acids is 1. The maximum absolute atomic E-state index is 12.0. The zero-order valence-corrected chi connectivity index (χ0v) is 10.6. The Hall–Kier alpha value is -1.28. The molecule has 0 radical (unpaired) electrons. The van der Waals surface area contributed by atoms with Crippen LogP contribution in [-0.4, -0.2) is 43.3 Å². The molecule has 1 unspecified atom stereocenters. The van der Waals surface area contributed by atoms with Crippen molar-refractivity contribution in [1.29, 1.82) is 5.26 Å². The molecule has 1 heterocycles. The van der Waals surface area contributed by atoms with Gasteiger partial charge in [0.15, 0.2) is 0 Å². The van der Waals surface area contributed by atoms with Gasteiger partial charge in [0, 0.05) is 19.7 Å². The molecule has 96 valence electrons. The van der Waals surface area contributed by atoms with Crippen molar-refractivity contribution in [2.45, 2.75) is 32.7 Å². The van der Waals surface area contributed by atoms with Crippen LogP contribution >= 0.6 is 0 Å². The molecular formula is C12H21N3O2. The van der Waals surface area contributed by atoms with Crippen LogP contribution in [0.5, 0.6) is 0 Å². The van der Waals surface area contributed by atoms with Gasteiger partial charge in [-0.15, -0.1) is 0 Å². The van der Waals surface area contributed by atoms with Crippen LogP contribution in [0.3, 0.4) is 0 Å². The molecule has 2 amide bonds. The Labute approximate surface area is 103 Å². The van der Waals surface area contributed by atoms with Gasteiger partial charge in [-0.1, -0.05) is 13.8 Å². The fourth-order valence-electron chi connectivity index (χ4n) is 1.82.